The van der Waals surface area contributed by atoms with Crippen LogP contribution in [0.4, 0.5) is 0 Å². The van der Waals surface area contributed by atoms with Crippen LogP contribution < -0.4 is 0 Å². The number of ether oxygens (including phenoxy) is 1. The van der Waals surface area contributed by atoms with Crippen LogP contribution in [-0.2, 0) is 9.53 Å². The van der Waals surface area contributed by atoms with Crippen LogP contribution in [0.25, 0.3) is 0 Å². The highest BCUT2D eigenvalue weighted by atomic mass is 16.5. The van der Waals surface area contributed by atoms with E-state index in [9.17, 15) is 4.79 Å². The van der Waals surface area contributed by atoms with E-state index >= 15 is 0 Å². The normalized spacial score (nSPS) is 13.6. The van der Waals surface area contributed by atoms with Crippen LogP contribution in [0.1, 0.15) is 40.5 Å². The average Bonchev–Trinajstić information content (AvgIpc) is 2.25. The van der Waals surface area contributed by atoms with Crippen molar-refractivity contribution in [3.8, 4) is 0 Å². The zero-order valence-corrected chi connectivity index (χ0v) is 11.6. The Hall–Kier alpha value is -1.31. The molecule has 0 fully saturated rings. The van der Waals surface area contributed by atoms with Gasteiger partial charge in [-0.05, 0) is 45.1 Å². The summed E-state index contributed by atoms with van der Waals surface area (Å²) in [7, 11) is 1.39. The molecule has 0 radical (unpaired) electrons. The third-order valence-corrected chi connectivity index (χ3v) is 2.41. The van der Waals surface area contributed by atoms with E-state index in [0.29, 0.717) is 5.92 Å². The van der Waals surface area contributed by atoms with Crippen molar-refractivity contribution in [2.45, 2.75) is 40.5 Å². The number of carbonyl (C=O) groups excluding carboxylic acids is 1. The highest BCUT2D eigenvalue weighted by Crippen LogP contribution is 2.10. The molecule has 17 heavy (non-hydrogen) atoms. The number of carbonyl (C=O) groups is 1. The third kappa shape index (κ3) is 9.61. The van der Waals surface area contributed by atoms with Gasteiger partial charge in [0.2, 0.25) is 0 Å². The van der Waals surface area contributed by atoms with E-state index in [1.54, 1.807) is 0 Å². The number of hydrogen-bond acceptors (Lipinski definition) is 2. The van der Waals surface area contributed by atoms with Gasteiger partial charge in [-0.1, -0.05) is 30.7 Å². The summed E-state index contributed by atoms with van der Waals surface area (Å²) in [5.41, 5.74) is 2.29. The molecule has 0 rings (SSSR count). The molecule has 96 valence electrons. The number of esters is 1. The van der Waals surface area contributed by atoms with Gasteiger partial charge in [-0.15, -0.1) is 0 Å². The summed E-state index contributed by atoms with van der Waals surface area (Å²) in [6, 6.07) is 0. The summed E-state index contributed by atoms with van der Waals surface area (Å²) >= 11 is 0. The van der Waals surface area contributed by atoms with Crippen molar-refractivity contribution in [2.75, 3.05) is 7.11 Å². The van der Waals surface area contributed by atoms with Gasteiger partial charge in [-0.3, -0.25) is 0 Å². The molecule has 0 heterocycles. The summed E-state index contributed by atoms with van der Waals surface area (Å²) < 4.78 is 4.56. The summed E-state index contributed by atoms with van der Waals surface area (Å²) in [6.45, 7) is 8.31. The van der Waals surface area contributed by atoms with Crippen molar-refractivity contribution < 1.29 is 9.53 Å². The second-order valence-electron chi connectivity index (χ2n) is 4.61. The molecule has 0 aliphatic rings. The molecule has 0 aromatic heterocycles. The SMILES string of the molecule is COC(=O)/C=C(C)/C=C/C(C)CCC=C(C)C. The molecule has 0 bridgehead atoms. The van der Waals surface area contributed by atoms with Crippen molar-refractivity contribution >= 4 is 5.97 Å². The summed E-state index contributed by atoms with van der Waals surface area (Å²) in [5.74, 6) is 0.218. The molecular formula is C15H24O2. The Morgan fingerprint density at radius 2 is 1.94 bits per heavy atom. The fourth-order valence-electron chi connectivity index (χ4n) is 1.34. The molecule has 0 aliphatic carbocycles. The van der Waals surface area contributed by atoms with E-state index in [4.69, 9.17) is 0 Å². The summed E-state index contributed by atoms with van der Waals surface area (Å²) in [4.78, 5) is 11.0. The van der Waals surface area contributed by atoms with Crippen LogP contribution in [0.15, 0.2) is 35.5 Å². The molecule has 0 aliphatic heterocycles. The van der Waals surface area contributed by atoms with E-state index < -0.39 is 0 Å². The molecule has 0 amide bonds. The minimum Gasteiger partial charge on any atom is -0.466 e. The number of rotatable bonds is 6. The standard InChI is InChI=1S/C15H24O2/c1-12(2)7-6-8-13(3)9-10-14(4)11-15(16)17-5/h7,9-11,13H,6,8H2,1-5H3/b10-9+,14-11+. The van der Waals surface area contributed by atoms with Gasteiger partial charge in [0, 0.05) is 6.08 Å². The fraction of sp³-hybridized carbons (Fsp3) is 0.533. The lowest BCUT2D eigenvalue weighted by Crippen LogP contribution is -1.95. The van der Waals surface area contributed by atoms with Gasteiger partial charge in [0.15, 0.2) is 0 Å². The zero-order valence-electron chi connectivity index (χ0n) is 11.6. The Kier molecular flexibility index (Phi) is 8.12. The van der Waals surface area contributed by atoms with Gasteiger partial charge in [0.25, 0.3) is 0 Å². The van der Waals surface area contributed by atoms with E-state index in [1.807, 2.05) is 13.0 Å². The average molecular weight is 236 g/mol. The van der Waals surface area contributed by atoms with Crippen molar-refractivity contribution in [1.82, 2.24) is 0 Å². The predicted octanol–water partition coefficient (Wildman–Crippen LogP) is 4.04. The molecule has 1 unspecified atom stereocenters. The van der Waals surface area contributed by atoms with Gasteiger partial charge in [0.05, 0.1) is 7.11 Å². The van der Waals surface area contributed by atoms with E-state index in [0.717, 1.165) is 18.4 Å². The van der Waals surface area contributed by atoms with Gasteiger partial charge < -0.3 is 4.74 Å². The Bertz CT molecular complexity index is 318. The van der Waals surface area contributed by atoms with Gasteiger partial charge >= 0.3 is 5.97 Å². The Labute approximate surface area is 105 Å². The first kappa shape index (κ1) is 15.7. The molecule has 0 aromatic carbocycles. The van der Waals surface area contributed by atoms with Crippen LogP contribution in [0, 0.1) is 5.92 Å². The number of hydrogen-bond donors (Lipinski definition) is 0. The first-order valence-electron chi connectivity index (χ1n) is 6.03. The maximum Gasteiger partial charge on any atom is 0.330 e. The van der Waals surface area contributed by atoms with E-state index in [-0.39, 0.29) is 5.97 Å². The van der Waals surface area contributed by atoms with Gasteiger partial charge in [-0.2, -0.15) is 0 Å². The lowest BCUT2D eigenvalue weighted by atomic mass is 10.0. The van der Waals surface area contributed by atoms with Crippen molar-refractivity contribution in [3.05, 3.63) is 35.5 Å². The molecule has 1 atom stereocenters. The minimum atomic E-state index is -0.302. The Morgan fingerprint density at radius 3 is 2.47 bits per heavy atom. The van der Waals surface area contributed by atoms with Crippen molar-refractivity contribution in [3.63, 3.8) is 0 Å². The molecule has 0 spiro atoms. The first-order chi connectivity index (χ1) is 7.95. The predicted molar refractivity (Wildman–Crippen MR) is 72.7 cm³/mol. The second-order valence-corrected chi connectivity index (χ2v) is 4.61. The second kappa shape index (κ2) is 8.80. The largest absolute Gasteiger partial charge is 0.466 e. The molecule has 0 N–H and O–H groups in total. The third-order valence-electron chi connectivity index (χ3n) is 2.41. The van der Waals surface area contributed by atoms with Crippen molar-refractivity contribution in [1.29, 1.82) is 0 Å². The van der Waals surface area contributed by atoms with Crippen molar-refractivity contribution in [2.24, 2.45) is 5.92 Å². The minimum absolute atomic E-state index is 0.302. The topological polar surface area (TPSA) is 26.3 Å². The highest BCUT2D eigenvalue weighted by molar-refractivity contribution is 5.83. The molecule has 2 nitrogen and oxygen atoms in total. The van der Waals surface area contributed by atoms with Gasteiger partial charge in [0.1, 0.15) is 0 Å². The van der Waals surface area contributed by atoms with Crippen LogP contribution in [0.3, 0.4) is 0 Å². The van der Waals surface area contributed by atoms with Crippen LogP contribution in [0.2, 0.25) is 0 Å². The maximum atomic E-state index is 11.0. The number of methoxy groups -OCH3 is 1. The van der Waals surface area contributed by atoms with Gasteiger partial charge in [-0.25, -0.2) is 4.79 Å². The Balaban J connectivity index is 4.10. The summed E-state index contributed by atoms with van der Waals surface area (Å²) in [5, 5.41) is 0. The molecule has 0 saturated heterocycles. The molecular weight excluding hydrogens is 212 g/mol. The molecule has 0 aromatic rings. The number of allylic oxidation sites excluding steroid dienone is 5. The fourth-order valence-corrected chi connectivity index (χ4v) is 1.34. The lowest BCUT2D eigenvalue weighted by molar-refractivity contribution is -0.134. The molecule has 0 saturated carbocycles. The lowest BCUT2D eigenvalue weighted by Gasteiger charge is -2.03. The highest BCUT2D eigenvalue weighted by Gasteiger charge is 1.97. The van der Waals surface area contributed by atoms with E-state index in [1.165, 1.54) is 18.8 Å². The quantitative estimate of drug-likeness (QED) is 0.301. The summed E-state index contributed by atoms with van der Waals surface area (Å²) in [6.07, 6.45) is 10.1. The first-order valence-corrected chi connectivity index (χ1v) is 6.03. The monoisotopic (exact) mass is 236 g/mol. The smallest absolute Gasteiger partial charge is 0.330 e. The van der Waals surface area contributed by atoms with Crippen LogP contribution >= 0.6 is 0 Å². The molecule has 2 heteroatoms. The van der Waals surface area contributed by atoms with Crippen LogP contribution in [-0.4, -0.2) is 13.1 Å². The Morgan fingerprint density at radius 1 is 1.29 bits per heavy atom. The van der Waals surface area contributed by atoms with E-state index in [2.05, 4.69) is 37.7 Å². The zero-order chi connectivity index (χ0) is 13.3. The van der Waals surface area contributed by atoms with Crippen LogP contribution in [0.5, 0.6) is 0 Å². The maximum absolute atomic E-state index is 11.0.